The Morgan fingerprint density at radius 2 is 1.35 bits per heavy atom. The van der Waals surface area contributed by atoms with Gasteiger partial charge >= 0.3 is 0 Å². The summed E-state index contributed by atoms with van der Waals surface area (Å²) in [5.74, 6) is -0.123. The molecule has 0 aromatic carbocycles. The fourth-order valence-corrected chi connectivity index (χ4v) is 4.86. The van der Waals surface area contributed by atoms with Crippen molar-refractivity contribution in [1.29, 1.82) is 0 Å². The minimum absolute atomic E-state index is 0.0664. The first-order valence-corrected chi connectivity index (χ1v) is 14.3. The number of rotatable bonds is 24. The van der Waals surface area contributed by atoms with E-state index in [4.69, 9.17) is 5.73 Å². The molecule has 5 nitrogen and oxygen atoms in total. The van der Waals surface area contributed by atoms with Gasteiger partial charge in [-0.15, -0.1) is 0 Å². The van der Waals surface area contributed by atoms with E-state index in [1.54, 1.807) is 6.20 Å². The summed E-state index contributed by atoms with van der Waals surface area (Å²) in [5, 5.41) is 11.2. The van der Waals surface area contributed by atoms with Crippen molar-refractivity contribution in [3.8, 4) is 0 Å². The first-order chi connectivity index (χ1) is 16.6. The third kappa shape index (κ3) is 14.7. The van der Waals surface area contributed by atoms with E-state index in [-0.39, 0.29) is 11.0 Å². The highest BCUT2D eigenvalue weighted by Crippen LogP contribution is 2.21. The van der Waals surface area contributed by atoms with E-state index in [1.807, 2.05) is 6.20 Å². The van der Waals surface area contributed by atoms with Crippen LogP contribution in [0.3, 0.4) is 0 Å². The van der Waals surface area contributed by atoms with Crippen molar-refractivity contribution in [2.45, 2.75) is 129 Å². The number of amidine groups is 1. The summed E-state index contributed by atoms with van der Waals surface area (Å²) in [5.41, 5.74) is 5.72. The third-order valence-electron chi connectivity index (χ3n) is 6.94. The van der Waals surface area contributed by atoms with E-state index in [9.17, 15) is 9.90 Å². The Labute approximate surface area is 210 Å². The molecule has 1 unspecified atom stereocenters. The van der Waals surface area contributed by atoms with Crippen molar-refractivity contribution in [2.24, 2.45) is 10.7 Å². The van der Waals surface area contributed by atoms with Crippen LogP contribution in [0.15, 0.2) is 29.5 Å². The van der Waals surface area contributed by atoms with Crippen molar-refractivity contribution in [2.75, 3.05) is 19.6 Å². The summed E-state index contributed by atoms with van der Waals surface area (Å²) in [7, 11) is 0. The van der Waals surface area contributed by atoms with Gasteiger partial charge in [0, 0.05) is 13.0 Å². The molecule has 1 aliphatic heterocycles. The number of aliphatic carboxylic acids is 1. The number of carboxylic acids is 1. The Hall–Kier alpha value is -1.46. The molecule has 0 aromatic heterocycles. The Morgan fingerprint density at radius 1 is 0.853 bits per heavy atom. The molecule has 1 rings (SSSR count). The summed E-state index contributed by atoms with van der Waals surface area (Å²) in [6.45, 7) is 3.20. The fraction of sp³-hybridized carbons (Fsp3) is 0.793. The summed E-state index contributed by atoms with van der Waals surface area (Å²) < 4.78 is 0.245. The molecular formula is C29H53N3O2. The maximum Gasteiger partial charge on any atom is 0.207 e. The van der Waals surface area contributed by atoms with Crippen LogP contribution in [0, 0.1) is 0 Å². The lowest BCUT2D eigenvalue weighted by Crippen LogP contribution is -2.55. The topological polar surface area (TPSA) is 78.5 Å². The van der Waals surface area contributed by atoms with Crippen molar-refractivity contribution < 1.29 is 14.4 Å². The fourth-order valence-electron chi connectivity index (χ4n) is 4.86. The number of carbonyl (C=O) groups excluding carboxylic acids is 1. The van der Waals surface area contributed by atoms with Gasteiger partial charge in [0.1, 0.15) is 19.3 Å². The maximum atomic E-state index is 11.2. The predicted octanol–water partition coefficient (Wildman–Crippen LogP) is 6.38. The molecule has 0 saturated carbocycles. The Bertz CT molecular complexity index is 600. The minimum Gasteiger partial charge on any atom is -0.544 e. The average molecular weight is 476 g/mol. The molecule has 0 radical (unpaired) electrons. The molecule has 0 spiro atoms. The Morgan fingerprint density at radius 3 is 1.85 bits per heavy atom. The van der Waals surface area contributed by atoms with E-state index in [0.717, 1.165) is 18.7 Å². The lowest BCUT2D eigenvalue weighted by atomic mass is 10.0. The van der Waals surface area contributed by atoms with Crippen LogP contribution in [0.4, 0.5) is 0 Å². The second-order valence-electron chi connectivity index (χ2n) is 10.0. The van der Waals surface area contributed by atoms with Gasteiger partial charge in [0.15, 0.2) is 0 Å². The van der Waals surface area contributed by atoms with Gasteiger partial charge in [0.05, 0.1) is 12.2 Å². The first kappa shape index (κ1) is 30.6. The quantitative estimate of drug-likeness (QED) is 0.0999. The molecule has 1 heterocycles. The predicted molar refractivity (Wildman–Crippen MR) is 143 cm³/mol. The largest absolute Gasteiger partial charge is 0.544 e. The van der Waals surface area contributed by atoms with Gasteiger partial charge < -0.3 is 15.6 Å². The van der Waals surface area contributed by atoms with E-state index in [1.165, 1.54) is 109 Å². The molecule has 1 aliphatic rings. The number of hydrogen-bond acceptors (Lipinski definition) is 4. The molecule has 0 bridgehead atoms. The SMILES string of the molecule is CCCCC/C=C/CCCCCCCCCCCCCCCC1=NC=C[N+]1(CCN)CC(=O)[O-]. The third-order valence-corrected chi connectivity index (χ3v) is 6.94. The van der Waals surface area contributed by atoms with Crippen LogP contribution in [0.2, 0.25) is 0 Å². The van der Waals surface area contributed by atoms with Crippen molar-refractivity contribution in [3.63, 3.8) is 0 Å². The van der Waals surface area contributed by atoms with Crippen LogP contribution in [-0.2, 0) is 4.79 Å². The molecule has 34 heavy (non-hydrogen) atoms. The van der Waals surface area contributed by atoms with Gasteiger partial charge in [-0.2, -0.15) is 0 Å². The lowest BCUT2D eigenvalue weighted by Gasteiger charge is -2.32. The molecule has 5 heteroatoms. The highest BCUT2D eigenvalue weighted by Gasteiger charge is 2.34. The lowest BCUT2D eigenvalue weighted by molar-refractivity contribution is -0.780. The van der Waals surface area contributed by atoms with Crippen LogP contribution >= 0.6 is 0 Å². The number of allylic oxidation sites excluding steroid dienone is 2. The van der Waals surface area contributed by atoms with Crippen LogP contribution in [0.5, 0.6) is 0 Å². The van der Waals surface area contributed by atoms with Gasteiger partial charge in [0.2, 0.25) is 5.84 Å². The molecule has 0 aliphatic carbocycles. The minimum atomic E-state index is -1.05. The highest BCUT2D eigenvalue weighted by molar-refractivity contribution is 5.80. The van der Waals surface area contributed by atoms with E-state index < -0.39 is 5.97 Å². The summed E-state index contributed by atoms with van der Waals surface area (Å²) in [6.07, 6.45) is 33.0. The summed E-state index contributed by atoms with van der Waals surface area (Å²) in [6, 6.07) is 0. The van der Waals surface area contributed by atoms with Gasteiger partial charge in [-0.05, 0) is 32.1 Å². The number of hydrogen-bond donors (Lipinski definition) is 1. The Kier molecular flexibility index (Phi) is 18.8. The monoisotopic (exact) mass is 475 g/mol. The summed E-state index contributed by atoms with van der Waals surface area (Å²) >= 11 is 0. The standard InChI is InChI=1S/C29H53N3O2/c1-2-3-4-5-6-7-8-9-10-11-12-13-14-15-16-17-18-19-20-21-22-28-31-24-26-32(28,25-23-30)27-29(33)34/h6-7,24,26H,2-5,8-23,25,27,30H2,1H3/b7-6+. The smallest absolute Gasteiger partial charge is 0.207 e. The average Bonchev–Trinajstić information content (AvgIpc) is 3.19. The van der Waals surface area contributed by atoms with Gasteiger partial charge in [-0.25, -0.2) is 9.48 Å². The van der Waals surface area contributed by atoms with Crippen molar-refractivity contribution in [3.05, 3.63) is 24.6 Å². The molecule has 196 valence electrons. The molecule has 0 amide bonds. The maximum absolute atomic E-state index is 11.2. The molecule has 0 aromatic rings. The van der Waals surface area contributed by atoms with Gasteiger partial charge in [0.25, 0.3) is 0 Å². The molecular weight excluding hydrogens is 422 g/mol. The number of quaternary nitrogens is 1. The van der Waals surface area contributed by atoms with E-state index >= 15 is 0 Å². The zero-order valence-corrected chi connectivity index (χ0v) is 22.2. The van der Waals surface area contributed by atoms with E-state index in [2.05, 4.69) is 24.1 Å². The van der Waals surface area contributed by atoms with Gasteiger partial charge in [-0.3, -0.25) is 0 Å². The molecule has 1 atom stereocenters. The number of unbranched alkanes of at least 4 members (excludes halogenated alkanes) is 16. The zero-order chi connectivity index (χ0) is 24.7. The zero-order valence-electron chi connectivity index (χ0n) is 22.2. The normalized spacial score (nSPS) is 17.6. The molecule has 2 N–H and O–H groups in total. The van der Waals surface area contributed by atoms with Crippen molar-refractivity contribution in [1.82, 2.24) is 0 Å². The number of aliphatic imine (C=N–C) groups is 1. The highest BCUT2D eigenvalue weighted by atomic mass is 16.4. The number of carboxylic acid groups (broad SMARTS) is 1. The Balaban J connectivity index is 1.89. The molecule has 0 saturated heterocycles. The first-order valence-electron chi connectivity index (χ1n) is 14.3. The van der Waals surface area contributed by atoms with Gasteiger partial charge in [-0.1, -0.05) is 103 Å². The second-order valence-corrected chi connectivity index (χ2v) is 10.0. The molecule has 0 fully saturated rings. The number of nitrogens with zero attached hydrogens (tertiary/aromatic N) is 2. The van der Waals surface area contributed by atoms with Crippen LogP contribution in [0.25, 0.3) is 0 Å². The van der Waals surface area contributed by atoms with E-state index in [0.29, 0.717) is 13.1 Å². The van der Waals surface area contributed by atoms with Crippen molar-refractivity contribution >= 4 is 11.8 Å². The second kappa shape index (κ2) is 20.9. The van der Waals surface area contributed by atoms with Crippen LogP contribution < -0.4 is 10.8 Å². The van der Waals surface area contributed by atoms with Crippen LogP contribution in [-0.4, -0.2) is 35.9 Å². The number of nitrogens with two attached hydrogens (primary N) is 1. The summed E-state index contributed by atoms with van der Waals surface area (Å²) in [4.78, 5) is 15.6. The van der Waals surface area contributed by atoms with Crippen LogP contribution in [0.1, 0.15) is 129 Å². The number of carbonyl (C=O) groups is 1.